The van der Waals surface area contributed by atoms with Gasteiger partial charge >= 0.3 is 0 Å². The van der Waals surface area contributed by atoms with Gasteiger partial charge in [0.2, 0.25) is 10.0 Å². The minimum atomic E-state index is -3.34. The summed E-state index contributed by atoms with van der Waals surface area (Å²) in [4.78, 5) is 14.6. The van der Waals surface area contributed by atoms with Crippen molar-refractivity contribution in [3.63, 3.8) is 0 Å². The fourth-order valence-electron chi connectivity index (χ4n) is 3.18. The van der Waals surface area contributed by atoms with Crippen LogP contribution >= 0.6 is 0 Å². The molecule has 1 atom stereocenters. The molecule has 0 N–H and O–H groups in total. The number of benzene rings is 1. The third-order valence-electron chi connectivity index (χ3n) is 4.63. The SMILES string of the molecule is COCc1nnc2n1[C@@H](C)CN(C(=O)c1ccc(N(C)S(C)(=O)=O)cc1)C2. The Labute approximate surface area is 158 Å². The van der Waals surface area contributed by atoms with Crippen molar-refractivity contribution >= 4 is 21.6 Å². The van der Waals surface area contributed by atoms with Crippen molar-refractivity contribution in [1.29, 1.82) is 0 Å². The summed E-state index contributed by atoms with van der Waals surface area (Å²) in [6.07, 6.45) is 1.13. The molecule has 0 aliphatic carbocycles. The highest BCUT2D eigenvalue weighted by molar-refractivity contribution is 7.92. The average molecular weight is 393 g/mol. The number of rotatable bonds is 5. The van der Waals surface area contributed by atoms with Crippen molar-refractivity contribution < 1.29 is 17.9 Å². The maximum Gasteiger partial charge on any atom is 0.254 e. The molecule has 1 aromatic carbocycles. The van der Waals surface area contributed by atoms with Crippen molar-refractivity contribution in [1.82, 2.24) is 19.7 Å². The van der Waals surface area contributed by atoms with Crippen molar-refractivity contribution in [3.05, 3.63) is 41.5 Å². The highest BCUT2D eigenvalue weighted by Crippen LogP contribution is 2.24. The average Bonchev–Trinajstić information content (AvgIpc) is 3.03. The van der Waals surface area contributed by atoms with E-state index in [1.54, 1.807) is 36.3 Å². The number of carbonyl (C=O) groups is 1. The smallest absolute Gasteiger partial charge is 0.254 e. The molecule has 2 aromatic rings. The summed E-state index contributed by atoms with van der Waals surface area (Å²) in [5, 5.41) is 8.33. The molecule has 0 saturated heterocycles. The number of anilines is 1. The van der Waals surface area contributed by atoms with Gasteiger partial charge in [0.05, 0.1) is 24.5 Å². The Hall–Kier alpha value is -2.46. The van der Waals surface area contributed by atoms with Gasteiger partial charge in [-0.1, -0.05) is 0 Å². The van der Waals surface area contributed by atoms with Crippen LogP contribution in [-0.4, -0.2) is 60.9 Å². The van der Waals surface area contributed by atoms with Crippen LogP contribution in [0, 0.1) is 0 Å². The summed E-state index contributed by atoms with van der Waals surface area (Å²) < 4.78 is 31.6. The van der Waals surface area contributed by atoms with Gasteiger partial charge in [0.1, 0.15) is 6.61 Å². The predicted molar refractivity (Wildman–Crippen MR) is 99.9 cm³/mol. The summed E-state index contributed by atoms with van der Waals surface area (Å²) in [5.74, 6) is 1.35. The van der Waals surface area contributed by atoms with E-state index >= 15 is 0 Å². The van der Waals surface area contributed by atoms with Gasteiger partial charge in [0, 0.05) is 26.3 Å². The van der Waals surface area contributed by atoms with Crippen LogP contribution in [0.5, 0.6) is 0 Å². The third kappa shape index (κ3) is 3.81. The van der Waals surface area contributed by atoms with Crippen molar-refractivity contribution in [3.8, 4) is 0 Å². The van der Waals surface area contributed by atoms with Gasteiger partial charge in [-0.2, -0.15) is 0 Å². The number of nitrogens with zero attached hydrogens (tertiary/aromatic N) is 5. The Kier molecular flexibility index (Phi) is 5.20. The maximum absolute atomic E-state index is 12.9. The lowest BCUT2D eigenvalue weighted by Crippen LogP contribution is -2.40. The molecule has 0 fully saturated rings. The van der Waals surface area contributed by atoms with Gasteiger partial charge in [-0.05, 0) is 31.2 Å². The molecular formula is C17H23N5O4S. The molecule has 10 heteroatoms. The zero-order chi connectivity index (χ0) is 19.8. The number of sulfonamides is 1. The molecule has 1 amide bonds. The van der Waals surface area contributed by atoms with Crippen LogP contribution in [0.4, 0.5) is 5.69 Å². The van der Waals surface area contributed by atoms with E-state index in [1.165, 1.54) is 11.4 Å². The summed E-state index contributed by atoms with van der Waals surface area (Å²) in [6.45, 7) is 3.28. The molecule has 0 spiro atoms. The van der Waals surface area contributed by atoms with E-state index in [-0.39, 0.29) is 11.9 Å². The molecule has 0 unspecified atom stereocenters. The summed E-state index contributed by atoms with van der Waals surface area (Å²) >= 11 is 0. The number of ether oxygens (including phenoxy) is 1. The second-order valence-electron chi connectivity index (χ2n) is 6.65. The molecular weight excluding hydrogens is 370 g/mol. The molecule has 27 heavy (non-hydrogen) atoms. The first-order valence-corrected chi connectivity index (χ1v) is 10.3. The van der Waals surface area contributed by atoms with E-state index in [0.717, 1.165) is 17.9 Å². The molecule has 146 valence electrons. The first-order valence-electron chi connectivity index (χ1n) is 8.47. The number of hydrogen-bond donors (Lipinski definition) is 0. The van der Waals surface area contributed by atoms with E-state index in [9.17, 15) is 13.2 Å². The standard InChI is InChI=1S/C17H23N5O4S/c1-12-9-21(10-15-18-19-16(11-26-3)22(12)15)17(23)13-5-7-14(8-6-13)20(2)27(4,24)25/h5-8,12H,9-11H2,1-4H3/t12-/m0/s1. The molecule has 0 bridgehead atoms. The topological polar surface area (TPSA) is 97.6 Å². The van der Waals surface area contributed by atoms with Crippen LogP contribution in [0.15, 0.2) is 24.3 Å². The molecule has 1 aliphatic rings. The van der Waals surface area contributed by atoms with Crippen LogP contribution in [0.1, 0.15) is 35.0 Å². The van der Waals surface area contributed by atoms with Gasteiger partial charge in [0.25, 0.3) is 5.91 Å². The summed E-state index contributed by atoms with van der Waals surface area (Å²) in [6, 6.07) is 6.56. The minimum Gasteiger partial charge on any atom is -0.377 e. The minimum absolute atomic E-state index is 0.0356. The largest absolute Gasteiger partial charge is 0.377 e. The second-order valence-corrected chi connectivity index (χ2v) is 8.66. The van der Waals surface area contributed by atoms with Gasteiger partial charge in [-0.25, -0.2) is 8.42 Å². The molecule has 1 aliphatic heterocycles. The van der Waals surface area contributed by atoms with Gasteiger partial charge < -0.3 is 14.2 Å². The fourth-order valence-corrected chi connectivity index (χ4v) is 3.69. The van der Waals surface area contributed by atoms with Crippen LogP contribution in [0.3, 0.4) is 0 Å². The maximum atomic E-state index is 12.9. The zero-order valence-corrected chi connectivity index (χ0v) is 16.6. The first kappa shape index (κ1) is 19.3. The quantitative estimate of drug-likeness (QED) is 0.753. The lowest BCUT2D eigenvalue weighted by atomic mass is 10.1. The molecule has 2 heterocycles. The number of fused-ring (bicyclic) bond motifs is 1. The normalized spacial score (nSPS) is 16.9. The van der Waals surface area contributed by atoms with Crippen LogP contribution < -0.4 is 4.31 Å². The van der Waals surface area contributed by atoms with E-state index < -0.39 is 10.0 Å². The number of carbonyl (C=O) groups excluding carboxylic acids is 1. The predicted octanol–water partition coefficient (Wildman–Crippen LogP) is 1.04. The first-order chi connectivity index (χ1) is 12.7. The molecule has 9 nitrogen and oxygen atoms in total. The highest BCUT2D eigenvalue weighted by atomic mass is 32.2. The van der Waals surface area contributed by atoms with Crippen LogP contribution in [0.2, 0.25) is 0 Å². The van der Waals surface area contributed by atoms with Crippen LogP contribution in [0.25, 0.3) is 0 Å². The second kappa shape index (κ2) is 7.28. The Bertz CT molecular complexity index is 939. The molecule has 0 saturated carbocycles. The Morgan fingerprint density at radius 2 is 1.96 bits per heavy atom. The van der Waals surface area contributed by atoms with E-state index in [1.807, 2.05) is 11.5 Å². The summed E-state index contributed by atoms with van der Waals surface area (Å²) in [5.41, 5.74) is 1.00. The number of hydrogen-bond acceptors (Lipinski definition) is 6. The monoisotopic (exact) mass is 393 g/mol. The number of aromatic nitrogens is 3. The van der Waals surface area contributed by atoms with Gasteiger partial charge in [-0.15, -0.1) is 10.2 Å². The van der Waals surface area contributed by atoms with Crippen molar-refractivity contribution in [2.24, 2.45) is 0 Å². The number of methoxy groups -OCH3 is 1. The zero-order valence-electron chi connectivity index (χ0n) is 15.8. The molecule has 3 rings (SSSR count). The lowest BCUT2D eigenvalue weighted by molar-refractivity contribution is 0.0675. The number of amides is 1. The van der Waals surface area contributed by atoms with Crippen molar-refractivity contribution in [2.75, 3.05) is 31.3 Å². The van der Waals surface area contributed by atoms with E-state index in [4.69, 9.17) is 4.74 Å². The van der Waals surface area contributed by atoms with E-state index in [0.29, 0.717) is 30.9 Å². The Morgan fingerprint density at radius 3 is 2.56 bits per heavy atom. The molecule has 1 aromatic heterocycles. The molecule has 0 radical (unpaired) electrons. The van der Waals surface area contributed by atoms with Gasteiger partial charge in [-0.3, -0.25) is 9.10 Å². The Balaban J connectivity index is 1.78. The fraction of sp³-hybridized carbons (Fsp3) is 0.471. The third-order valence-corrected chi connectivity index (χ3v) is 5.84. The van der Waals surface area contributed by atoms with Crippen LogP contribution in [-0.2, 0) is 27.9 Å². The lowest BCUT2D eigenvalue weighted by Gasteiger charge is -2.32. The van der Waals surface area contributed by atoms with Crippen molar-refractivity contribution in [2.45, 2.75) is 26.1 Å². The van der Waals surface area contributed by atoms with Gasteiger partial charge in [0.15, 0.2) is 11.6 Å². The Morgan fingerprint density at radius 1 is 1.30 bits per heavy atom. The highest BCUT2D eigenvalue weighted by Gasteiger charge is 2.29. The summed E-state index contributed by atoms with van der Waals surface area (Å²) in [7, 11) is -0.261. The van der Waals surface area contributed by atoms with E-state index in [2.05, 4.69) is 10.2 Å².